The van der Waals surface area contributed by atoms with E-state index in [9.17, 15) is 19.6 Å². The van der Waals surface area contributed by atoms with E-state index in [-0.39, 0.29) is 22.6 Å². The fourth-order valence-corrected chi connectivity index (χ4v) is 4.07. The molecule has 8 nitrogen and oxygen atoms in total. The van der Waals surface area contributed by atoms with Gasteiger partial charge in [0.2, 0.25) is 5.76 Å². The fourth-order valence-electron chi connectivity index (χ4n) is 4.07. The van der Waals surface area contributed by atoms with Crippen molar-refractivity contribution in [3.8, 4) is 34.1 Å². The second-order valence-corrected chi connectivity index (χ2v) is 8.57. The molecule has 0 spiro atoms. The van der Waals surface area contributed by atoms with Crippen LogP contribution in [-0.2, 0) is 0 Å². The van der Waals surface area contributed by atoms with Crippen molar-refractivity contribution < 1.29 is 23.5 Å². The smallest absolute Gasteiger partial charge is 0.343 e. The summed E-state index contributed by atoms with van der Waals surface area (Å²) in [7, 11) is 0. The lowest BCUT2D eigenvalue weighted by Gasteiger charge is -2.10. The predicted octanol–water partition coefficient (Wildman–Crippen LogP) is 5.78. The predicted molar refractivity (Wildman–Crippen MR) is 147 cm³/mol. The Bertz CT molecular complexity index is 1720. The Labute approximate surface area is 229 Å². The Morgan fingerprint density at radius 3 is 1.95 bits per heavy atom. The Kier molecular flexibility index (Phi) is 7.47. The number of nitrogens with zero attached hydrogens (tertiary/aromatic N) is 1. The number of esters is 1. The van der Waals surface area contributed by atoms with E-state index in [4.69, 9.17) is 9.15 Å². The molecule has 0 atom stereocenters. The van der Waals surface area contributed by atoms with Gasteiger partial charge in [-0.05, 0) is 41.5 Å². The number of benzene rings is 4. The number of carbonyl (C=O) groups excluding carboxylic acids is 3. The van der Waals surface area contributed by atoms with Gasteiger partial charge < -0.3 is 9.15 Å². The standard InChI is InChI=1S/C32H21N3O5/c33-19-25-18-24(16-17-27(25)40-32(38)23-14-8-3-9-15-23)30(36)34-35-31(37)29-28(22-12-6-2-7-13-22)26(20-39-29)21-10-4-1-5-11-21/h1-18,20H,(H,34,36)(H,35,37). The first-order valence-corrected chi connectivity index (χ1v) is 12.2. The average molecular weight is 528 g/mol. The van der Waals surface area contributed by atoms with Crippen molar-refractivity contribution in [2.24, 2.45) is 0 Å². The number of hydrogen-bond acceptors (Lipinski definition) is 6. The number of hydrazine groups is 1. The van der Waals surface area contributed by atoms with Gasteiger partial charge in [0.05, 0.1) is 17.4 Å². The molecular formula is C32H21N3O5. The summed E-state index contributed by atoms with van der Waals surface area (Å²) in [4.78, 5) is 38.3. The third-order valence-electron chi connectivity index (χ3n) is 6.01. The van der Waals surface area contributed by atoms with E-state index in [2.05, 4.69) is 10.9 Å². The van der Waals surface area contributed by atoms with E-state index in [1.807, 2.05) is 66.7 Å². The number of ether oxygens (including phenoxy) is 1. The van der Waals surface area contributed by atoms with Crippen molar-refractivity contribution in [3.05, 3.63) is 138 Å². The van der Waals surface area contributed by atoms with Crippen molar-refractivity contribution in [3.63, 3.8) is 0 Å². The van der Waals surface area contributed by atoms with Crippen LogP contribution in [0.4, 0.5) is 0 Å². The van der Waals surface area contributed by atoms with Crippen LogP contribution in [0.25, 0.3) is 22.3 Å². The third kappa shape index (κ3) is 5.49. The highest BCUT2D eigenvalue weighted by atomic mass is 16.5. The minimum atomic E-state index is -0.679. The molecule has 40 heavy (non-hydrogen) atoms. The second kappa shape index (κ2) is 11.6. The molecule has 0 saturated carbocycles. The van der Waals surface area contributed by atoms with Crippen LogP contribution in [0.2, 0.25) is 0 Å². The van der Waals surface area contributed by atoms with E-state index in [1.54, 1.807) is 30.3 Å². The fraction of sp³-hybridized carbons (Fsp3) is 0. The summed E-state index contributed by atoms with van der Waals surface area (Å²) >= 11 is 0. The summed E-state index contributed by atoms with van der Waals surface area (Å²) in [6.07, 6.45) is 1.50. The molecule has 0 unspecified atom stereocenters. The van der Waals surface area contributed by atoms with E-state index in [0.29, 0.717) is 11.1 Å². The van der Waals surface area contributed by atoms with Gasteiger partial charge in [0.1, 0.15) is 11.8 Å². The van der Waals surface area contributed by atoms with Crippen molar-refractivity contribution in [2.75, 3.05) is 0 Å². The summed E-state index contributed by atoms with van der Waals surface area (Å²) < 4.78 is 11.0. The maximum Gasteiger partial charge on any atom is 0.343 e. The highest BCUT2D eigenvalue weighted by Crippen LogP contribution is 2.36. The van der Waals surface area contributed by atoms with Crippen LogP contribution in [0, 0.1) is 11.3 Å². The minimum absolute atomic E-state index is 0.00784. The first-order chi connectivity index (χ1) is 19.5. The number of hydrogen-bond donors (Lipinski definition) is 2. The molecule has 0 fully saturated rings. The molecule has 2 N–H and O–H groups in total. The molecule has 4 aromatic carbocycles. The van der Waals surface area contributed by atoms with Crippen molar-refractivity contribution in [1.82, 2.24) is 10.9 Å². The lowest BCUT2D eigenvalue weighted by molar-refractivity contribution is 0.0734. The lowest BCUT2D eigenvalue weighted by Crippen LogP contribution is -2.41. The van der Waals surface area contributed by atoms with E-state index >= 15 is 0 Å². The zero-order valence-corrected chi connectivity index (χ0v) is 21.0. The van der Waals surface area contributed by atoms with Crippen LogP contribution in [0.1, 0.15) is 36.8 Å². The van der Waals surface area contributed by atoms with Gasteiger partial charge in [0.25, 0.3) is 5.91 Å². The normalized spacial score (nSPS) is 10.3. The monoisotopic (exact) mass is 527 g/mol. The number of nitriles is 1. The minimum Gasteiger partial charge on any atom is -0.458 e. The third-order valence-corrected chi connectivity index (χ3v) is 6.01. The van der Waals surface area contributed by atoms with Gasteiger partial charge in [0.15, 0.2) is 0 Å². The largest absolute Gasteiger partial charge is 0.458 e. The topological polar surface area (TPSA) is 121 Å². The Balaban J connectivity index is 1.33. The molecular weight excluding hydrogens is 506 g/mol. The Hall–Kier alpha value is -5.94. The molecule has 194 valence electrons. The van der Waals surface area contributed by atoms with Crippen LogP contribution in [0.5, 0.6) is 5.75 Å². The first-order valence-electron chi connectivity index (χ1n) is 12.2. The van der Waals surface area contributed by atoms with E-state index in [1.165, 1.54) is 24.5 Å². The van der Waals surface area contributed by atoms with Gasteiger partial charge >= 0.3 is 11.9 Å². The summed E-state index contributed by atoms with van der Waals surface area (Å²) in [5, 5.41) is 9.55. The van der Waals surface area contributed by atoms with Gasteiger partial charge in [-0.15, -0.1) is 0 Å². The number of nitrogens with one attached hydrogen (secondary N) is 2. The average Bonchev–Trinajstić information content (AvgIpc) is 3.46. The highest BCUT2D eigenvalue weighted by molar-refractivity contribution is 6.04. The molecule has 0 aliphatic carbocycles. The van der Waals surface area contributed by atoms with Crippen molar-refractivity contribution in [2.45, 2.75) is 0 Å². The molecule has 5 rings (SSSR count). The molecule has 8 heteroatoms. The molecule has 1 heterocycles. The van der Waals surface area contributed by atoms with Crippen LogP contribution < -0.4 is 15.6 Å². The van der Waals surface area contributed by atoms with Crippen LogP contribution in [0.3, 0.4) is 0 Å². The molecule has 2 amide bonds. The summed E-state index contributed by atoms with van der Waals surface area (Å²) in [5.74, 6) is -1.95. The zero-order chi connectivity index (χ0) is 27.9. The maximum atomic E-state index is 13.1. The zero-order valence-electron chi connectivity index (χ0n) is 21.0. The summed E-state index contributed by atoms with van der Waals surface area (Å²) in [6, 6.07) is 33.0. The highest BCUT2D eigenvalue weighted by Gasteiger charge is 2.23. The van der Waals surface area contributed by atoms with Crippen LogP contribution >= 0.6 is 0 Å². The summed E-state index contributed by atoms with van der Waals surface area (Å²) in [6.45, 7) is 0. The number of carbonyl (C=O) groups is 3. The van der Waals surface area contributed by atoms with Crippen LogP contribution in [-0.4, -0.2) is 17.8 Å². The van der Waals surface area contributed by atoms with Crippen LogP contribution in [0.15, 0.2) is 120 Å². The molecule has 5 aromatic rings. The van der Waals surface area contributed by atoms with Gasteiger partial charge in [-0.3, -0.25) is 20.4 Å². The van der Waals surface area contributed by atoms with Gasteiger partial charge in [-0.1, -0.05) is 78.9 Å². The van der Waals surface area contributed by atoms with Gasteiger partial charge in [-0.2, -0.15) is 5.26 Å². The van der Waals surface area contributed by atoms with Gasteiger partial charge in [0, 0.05) is 16.7 Å². The van der Waals surface area contributed by atoms with Crippen molar-refractivity contribution in [1.29, 1.82) is 5.26 Å². The molecule has 0 aliphatic rings. The first kappa shape index (κ1) is 25.7. The number of furan rings is 1. The van der Waals surface area contributed by atoms with E-state index < -0.39 is 17.8 Å². The Morgan fingerprint density at radius 1 is 0.700 bits per heavy atom. The van der Waals surface area contributed by atoms with Crippen molar-refractivity contribution >= 4 is 17.8 Å². The second-order valence-electron chi connectivity index (χ2n) is 8.57. The van der Waals surface area contributed by atoms with E-state index in [0.717, 1.165) is 16.7 Å². The quantitative estimate of drug-likeness (QED) is 0.164. The van der Waals surface area contributed by atoms with Gasteiger partial charge in [-0.25, -0.2) is 4.79 Å². The molecule has 0 bridgehead atoms. The molecule has 0 aliphatic heterocycles. The number of amides is 2. The summed E-state index contributed by atoms with van der Waals surface area (Å²) in [5.41, 5.74) is 8.03. The molecule has 1 aromatic heterocycles. The maximum absolute atomic E-state index is 13.1. The molecule has 0 saturated heterocycles. The lowest BCUT2D eigenvalue weighted by atomic mass is 9.96. The number of rotatable bonds is 6. The Morgan fingerprint density at radius 2 is 1.30 bits per heavy atom. The molecule has 0 radical (unpaired) electrons. The SMILES string of the molecule is N#Cc1cc(C(=O)NNC(=O)c2occ(-c3ccccc3)c2-c2ccccc2)ccc1OC(=O)c1ccccc1.